The molecule has 4 aromatic rings. The predicted octanol–water partition coefficient (Wildman–Crippen LogP) is 3.46. The zero-order valence-corrected chi connectivity index (χ0v) is 20.1. The Labute approximate surface area is 218 Å². The molecule has 39 heavy (non-hydrogen) atoms. The number of aromatic amines is 1. The molecular weight excluding hydrogens is 522 g/mol. The molecule has 10 nitrogen and oxygen atoms in total. The van der Waals surface area contributed by atoms with Crippen molar-refractivity contribution in [2.24, 2.45) is 0 Å². The van der Waals surface area contributed by atoms with Crippen LogP contribution < -0.4 is 16.0 Å². The van der Waals surface area contributed by atoms with Crippen molar-refractivity contribution in [3.8, 4) is 0 Å². The minimum absolute atomic E-state index is 0.0120. The lowest BCUT2D eigenvalue weighted by atomic mass is 9.96. The highest BCUT2D eigenvalue weighted by Crippen LogP contribution is 2.36. The van der Waals surface area contributed by atoms with Crippen molar-refractivity contribution in [2.45, 2.75) is 24.7 Å². The molecule has 1 aromatic carbocycles. The van der Waals surface area contributed by atoms with Crippen LogP contribution >= 0.6 is 0 Å². The van der Waals surface area contributed by atoms with Crippen LogP contribution in [0.5, 0.6) is 0 Å². The first-order valence-electron chi connectivity index (χ1n) is 11.7. The third kappa shape index (κ3) is 5.65. The van der Waals surface area contributed by atoms with Crippen molar-refractivity contribution in [3.63, 3.8) is 0 Å². The second kappa shape index (κ2) is 10.3. The Morgan fingerprint density at radius 1 is 1.08 bits per heavy atom. The summed E-state index contributed by atoms with van der Waals surface area (Å²) in [7, 11) is 0. The number of nitrogens with one attached hydrogen (secondary N) is 4. The Morgan fingerprint density at radius 2 is 1.92 bits per heavy atom. The number of hydrogen-bond acceptors (Lipinski definition) is 7. The highest BCUT2D eigenvalue weighted by atomic mass is 19.4. The number of carbonyl (C=O) groups excluding carboxylic acids is 2. The van der Waals surface area contributed by atoms with E-state index in [2.05, 4.69) is 35.9 Å². The fraction of sp³-hybridized carbons (Fsp3) is 0.240. The van der Waals surface area contributed by atoms with Gasteiger partial charge in [-0.05, 0) is 36.4 Å². The van der Waals surface area contributed by atoms with E-state index < -0.39 is 34.9 Å². The maximum atomic E-state index is 13.3. The van der Waals surface area contributed by atoms with Crippen molar-refractivity contribution in [3.05, 3.63) is 77.8 Å². The number of ether oxygens (including phenoxy) is 1. The first-order chi connectivity index (χ1) is 18.6. The van der Waals surface area contributed by atoms with Crippen molar-refractivity contribution in [1.29, 1.82) is 0 Å². The van der Waals surface area contributed by atoms with Crippen LogP contribution in [0.15, 0.2) is 55.1 Å². The molecule has 0 radical (unpaired) electrons. The predicted molar refractivity (Wildman–Crippen MR) is 130 cm³/mol. The lowest BCUT2D eigenvalue weighted by molar-refractivity contribution is -0.137. The fourth-order valence-corrected chi connectivity index (χ4v) is 4.10. The number of carbonyl (C=O) groups is 2. The summed E-state index contributed by atoms with van der Waals surface area (Å²) in [6, 6.07) is 6.87. The standard InChI is InChI=1S/C25H21F4N7O3/c26-15-1-4-19(18(8-15)25(27,28)29)35-17-3-2-16(30-11-17)10-32-23(38)24(5-6-39-12-24)36-22(37)14-7-20-21(31-9-14)34-13-33-20/h1-4,7-9,11,13,35H,5-6,10,12H2,(H,32,38)(H,36,37)(H,31,33,34)/t24-/m0/s1. The van der Waals surface area contributed by atoms with Crippen molar-refractivity contribution in [2.75, 3.05) is 18.5 Å². The van der Waals surface area contributed by atoms with E-state index in [0.717, 1.165) is 12.1 Å². The van der Waals surface area contributed by atoms with Crippen molar-refractivity contribution >= 4 is 34.4 Å². The van der Waals surface area contributed by atoms with E-state index in [9.17, 15) is 27.2 Å². The number of imidazole rings is 1. The van der Waals surface area contributed by atoms with Crippen LogP contribution in [-0.4, -0.2) is 50.5 Å². The van der Waals surface area contributed by atoms with Crippen LogP contribution in [-0.2, 0) is 22.3 Å². The molecule has 0 spiro atoms. The third-order valence-electron chi connectivity index (χ3n) is 6.16. The van der Waals surface area contributed by atoms with Gasteiger partial charge in [0.25, 0.3) is 5.91 Å². The minimum Gasteiger partial charge on any atom is -0.378 e. The van der Waals surface area contributed by atoms with Gasteiger partial charge in [0.15, 0.2) is 5.65 Å². The summed E-state index contributed by atoms with van der Waals surface area (Å²) in [5.74, 6) is -2.00. The Hall–Kier alpha value is -4.59. The Morgan fingerprint density at radius 3 is 2.64 bits per heavy atom. The minimum atomic E-state index is -4.75. The largest absolute Gasteiger partial charge is 0.418 e. The van der Waals surface area contributed by atoms with Crippen LogP contribution in [0.1, 0.15) is 28.0 Å². The molecule has 2 amide bonds. The number of H-pyrrole nitrogens is 1. The zero-order chi connectivity index (χ0) is 27.6. The number of benzene rings is 1. The number of alkyl halides is 3. The average molecular weight is 543 g/mol. The molecule has 4 N–H and O–H groups in total. The molecule has 1 aliphatic rings. The molecule has 0 unspecified atom stereocenters. The molecule has 202 valence electrons. The van der Waals surface area contributed by atoms with Gasteiger partial charge in [-0.15, -0.1) is 0 Å². The van der Waals surface area contributed by atoms with E-state index in [4.69, 9.17) is 4.74 Å². The van der Waals surface area contributed by atoms with Gasteiger partial charge in [-0.2, -0.15) is 13.2 Å². The molecule has 4 heterocycles. The number of nitrogens with zero attached hydrogens (tertiary/aromatic N) is 3. The molecule has 3 aromatic heterocycles. The summed E-state index contributed by atoms with van der Waals surface area (Å²) in [6.45, 7) is 0.228. The Kier molecular flexibility index (Phi) is 6.87. The molecule has 1 fully saturated rings. The SMILES string of the molecule is O=C(N[C@@]1(C(=O)NCc2ccc(Nc3ccc(F)cc3C(F)(F)F)cn2)CCOC1)c1cnc2[nH]cnc2c1. The van der Waals surface area contributed by atoms with Gasteiger partial charge >= 0.3 is 6.18 Å². The number of fused-ring (bicyclic) bond motifs is 1. The zero-order valence-electron chi connectivity index (χ0n) is 20.1. The summed E-state index contributed by atoms with van der Waals surface area (Å²) in [5, 5.41) is 8.07. The summed E-state index contributed by atoms with van der Waals surface area (Å²) >= 11 is 0. The smallest absolute Gasteiger partial charge is 0.378 e. The number of anilines is 2. The highest BCUT2D eigenvalue weighted by molar-refractivity contribution is 6.00. The average Bonchev–Trinajstić information content (AvgIpc) is 3.58. The molecule has 1 atom stereocenters. The van der Waals surface area contributed by atoms with E-state index in [1.165, 1.54) is 30.9 Å². The summed E-state index contributed by atoms with van der Waals surface area (Å²) in [5.41, 5.74) is -0.881. The van der Waals surface area contributed by atoms with Crippen LogP contribution in [0.25, 0.3) is 11.2 Å². The highest BCUT2D eigenvalue weighted by Gasteiger charge is 2.44. The molecule has 0 saturated carbocycles. The maximum absolute atomic E-state index is 13.3. The van der Waals surface area contributed by atoms with Gasteiger partial charge in [0.05, 0.1) is 53.9 Å². The van der Waals surface area contributed by atoms with Gasteiger partial charge < -0.3 is 25.7 Å². The fourth-order valence-electron chi connectivity index (χ4n) is 4.10. The number of amides is 2. The van der Waals surface area contributed by atoms with Crippen molar-refractivity contribution in [1.82, 2.24) is 30.6 Å². The number of aromatic nitrogens is 4. The van der Waals surface area contributed by atoms with Gasteiger partial charge in [-0.1, -0.05) is 0 Å². The van der Waals surface area contributed by atoms with Gasteiger partial charge in [-0.25, -0.2) is 14.4 Å². The number of pyridine rings is 2. The molecule has 0 bridgehead atoms. The Balaban J connectivity index is 1.23. The molecule has 0 aliphatic carbocycles. The lowest BCUT2D eigenvalue weighted by Gasteiger charge is -2.27. The van der Waals surface area contributed by atoms with E-state index >= 15 is 0 Å². The lowest BCUT2D eigenvalue weighted by Crippen LogP contribution is -2.59. The number of rotatable bonds is 7. The first-order valence-corrected chi connectivity index (χ1v) is 11.7. The molecule has 5 rings (SSSR count). The number of hydrogen-bond donors (Lipinski definition) is 4. The summed E-state index contributed by atoms with van der Waals surface area (Å²) in [6.07, 6.45) is -0.379. The van der Waals surface area contributed by atoms with Crippen LogP contribution in [0.4, 0.5) is 28.9 Å². The van der Waals surface area contributed by atoms with Crippen LogP contribution in [0.3, 0.4) is 0 Å². The Bertz CT molecular complexity index is 1520. The van der Waals surface area contributed by atoms with Gasteiger partial charge in [0.2, 0.25) is 5.91 Å². The molecule has 1 aliphatic heterocycles. The van der Waals surface area contributed by atoms with E-state index in [0.29, 0.717) is 22.9 Å². The molecule has 1 saturated heterocycles. The quantitative estimate of drug-likeness (QED) is 0.262. The van der Waals surface area contributed by atoms with E-state index in [-0.39, 0.29) is 43.1 Å². The second-order valence-electron chi connectivity index (χ2n) is 8.87. The topological polar surface area (TPSA) is 134 Å². The van der Waals surface area contributed by atoms with Gasteiger partial charge in [-0.3, -0.25) is 14.6 Å². The summed E-state index contributed by atoms with van der Waals surface area (Å²) < 4.78 is 58.5. The number of halogens is 4. The first kappa shape index (κ1) is 26.0. The normalized spacial score (nSPS) is 17.2. The van der Waals surface area contributed by atoms with E-state index in [1.807, 2.05) is 0 Å². The van der Waals surface area contributed by atoms with E-state index in [1.54, 1.807) is 6.07 Å². The molecule has 14 heteroatoms. The van der Waals surface area contributed by atoms with Crippen molar-refractivity contribution < 1.29 is 31.9 Å². The van der Waals surface area contributed by atoms with Crippen LogP contribution in [0, 0.1) is 5.82 Å². The van der Waals surface area contributed by atoms with Gasteiger partial charge in [0.1, 0.15) is 16.9 Å². The third-order valence-corrected chi connectivity index (χ3v) is 6.16. The second-order valence-corrected chi connectivity index (χ2v) is 8.87. The maximum Gasteiger partial charge on any atom is 0.418 e. The summed E-state index contributed by atoms with van der Waals surface area (Å²) in [4.78, 5) is 41.3. The molecular formula is C25H21F4N7O3. The monoisotopic (exact) mass is 543 g/mol. The van der Waals surface area contributed by atoms with Crippen LogP contribution in [0.2, 0.25) is 0 Å². The van der Waals surface area contributed by atoms with Gasteiger partial charge in [0, 0.05) is 19.2 Å².